The molecule has 2 atom stereocenters. The number of fused-ring (bicyclic) bond motifs is 2. The topological polar surface area (TPSA) is 38.2 Å². The Morgan fingerprint density at radius 2 is 2.00 bits per heavy atom. The lowest BCUT2D eigenvalue weighted by molar-refractivity contribution is -0.0816. The number of anilines is 1. The highest BCUT2D eigenvalue weighted by atomic mass is 35.5. The van der Waals surface area contributed by atoms with Gasteiger partial charge in [-0.15, -0.1) is 0 Å². The van der Waals surface area contributed by atoms with Crippen LogP contribution < -0.4 is 4.90 Å². The van der Waals surface area contributed by atoms with Crippen molar-refractivity contribution in [3.8, 4) is 0 Å². The number of hydrogen-bond donors (Lipinski definition) is 0. The Morgan fingerprint density at radius 3 is 2.62 bits per heavy atom. The third-order valence-corrected chi connectivity index (χ3v) is 3.92. The highest BCUT2D eigenvalue weighted by Crippen LogP contribution is 2.43. The van der Waals surface area contributed by atoms with Gasteiger partial charge in [0.25, 0.3) is 0 Å². The molecule has 86 valence electrons. The summed E-state index contributed by atoms with van der Waals surface area (Å²) < 4.78 is 5.47. The SMILES string of the molecule is COC1[C@H]2C[C@H]1CN(c1nccnc1Cl)C2. The minimum absolute atomic E-state index is 0.437. The lowest BCUT2D eigenvalue weighted by Gasteiger charge is -2.52. The molecular weight excluding hydrogens is 226 g/mol. The van der Waals surface area contributed by atoms with Crippen molar-refractivity contribution < 1.29 is 4.74 Å². The van der Waals surface area contributed by atoms with E-state index < -0.39 is 0 Å². The molecule has 1 aliphatic carbocycles. The van der Waals surface area contributed by atoms with Gasteiger partial charge in [-0.25, -0.2) is 9.97 Å². The van der Waals surface area contributed by atoms with Crippen LogP contribution in [0.1, 0.15) is 6.42 Å². The normalized spacial score (nSPS) is 32.4. The Bertz CT molecular complexity index is 389. The van der Waals surface area contributed by atoms with Crippen molar-refractivity contribution in [2.45, 2.75) is 12.5 Å². The zero-order valence-electron chi connectivity index (χ0n) is 9.14. The van der Waals surface area contributed by atoms with Crippen molar-refractivity contribution in [1.82, 2.24) is 9.97 Å². The number of methoxy groups -OCH3 is 1. The van der Waals surface area contributed by atoms with Crippen LogP contribution >= 0.6 is 11.6 Å². The standard InChI is InChI=1S/C11H14ClN3O/c1-16-9-7-4-8(9)6-15(5-7)11-10(12)13-2-3-14-11/h2-3,7-9H,4-6H2,1H3/t7-,8-/m0/s1. The van der Waals surface area contributed by atoms with Gasteiger partial charge in [-0.1, -0.05) is 11.6 Å². The van der Waals surface area contributed by atoms with Gasteiger partial charge >= 0.3 is 0 Å². The monoisotopic (exact) mass is 239 g/mol. The van der Waals surface area contributed by atoms with Crippen LogP contribution in [-0.4, -0.2) is 36.3 Å². The third-order valence-electron chi connectivity index (χ3n) is 3.65. The minimum Gasteiger partial charge on any atom is -0.381 e. The van der Waals surface area contributed by atoms with Gasteiger partial charge in [0.2, 0.25) is 0 Å². The first-order valence-corrected chi connectivity index (χ1v) is 5.91. The van der Waals surface area contributed by atoms with Crippen LogP contribution in [0.5, 0.6) is 0 Å². The number of aromatic nitrogens is 2. The average molecular weight is 240 g/mol. The predicted molar refractivity (Wildman–Crippen MR) is 61.6 cm³/mol. The molecule has 2 saturated heterocycles. The van der Waals surface area contributed by atoms with Gasteiger partial charge in [0.15, 0.2) is 11.0 Å². The van der Waals surface area contributed by atoms with Crippen LogP contribution in [0.3, 0.4) is 0 Å². The Kier molecular flexibility index (Phi) is 2.48. The van der Waals surface area contributed by atoms with Gasteiger partial charge in [0, 0.05) is 44.4 Å². The zero-order valence-corrected chi connectivity index (χ0v) is 9.89. The summed E-state index contributed by atoms with van der Waals surface area (Å²) in [5, 5.41) is 0.498. The molecule has 0 aromatic carbocycles. The molecule has 2 bridgehead atoms. The predicted octanol–water partition coefficient (Wildman–Crippen LogP) is 1.60. The number of rotatable bonds is 2. The van der Waals surface area contributed by atoms with Crippen LogP contribution in [-0.2, 0) is 4.74 Å². The van der Waals surface area contributed by atoms with Crippen LogP contribution in [0.4, 0.5) is 5.82 Å². The van der Waals surface area contributed by atoms with Crippen LogP contribution in [0.25, 0.3) is 0 Å². The summed E-state index contributed by atoms with van der Waals surface area (Å²) in [6, 6.07) is 0. The quantitative estimate of drug-likeness (QED) is 0.786. The van der Waals surface area contributed by atoms with E-state index >= 15 is 0 Å². The van der Waals surface area contributed by atoms with E-state index in [-0.39, 0.29) is 0 Å². The Balaban J connectivity index is 1.78. The molecule has 2 aliphatic heterocycles. The summed E-state index contributed by atoms with van der Waals surface area (Å²) in [4.78, 5) is 10.6. The maximum atomic E-state index is 6.04. The molecule has 5 heteroatoms. The summed E-state index contributed by atoms with van der Waals surface area (Å²) in [6.45, 7) is 1.96. The van der Waals surface area contributed by atoms with E-state index in [1.807, 2.05) is 0 Å². The summed E-state index contributed by atoms with van der Waals surface area (Å²) in [5.41, 5.74) is 0. The van der Waals surface area contributed by atoms with Gasteiger partial charge in [-0.05, 0) is 6.42 Å². The fourth-order valence-corrected chi connectivity index (χ4v) is 3.15. The van der Waals surface area contributed by atoms with Gasteiger partial charge in [0.1, 0.15) is 0 Å². The molecule has 0 N–H and O–H groups in total. The van der Waals surface area contributed by atoms with E-state index in [0.717, 1.165) is 18.9 Å². The Hall–Kier alpha value is -0.870. The molecule has 4 rings (SSSR count). The second kappa shape index (κ2) is 3.86. The number of ether oxygens (including phenoxy) is 1. The van der Waals surface area contributed by atoms with Crippen LogP contribution in [0, 0.1) is 11.8 Å². The fraction of sp³-hybridized carbons (Fsp3) is 0.636. The fourth-order valence-electron chi connectivity index (χ4n) is 2.93. The van der Waals surface area contributed by atoms with Crippen molar-refractivity contribution in [2.75, 3.05) is 25.1 Å². The Morgan fingerprint density at radius 1 is 1.31 bits per heavy atom. The van der Waals surface area contributed by atoms with Crippen molar-refractivity contribution in [3.05, 3.63) is 17.5 Å². The van der Waals surface area contributed by atoms with Gasteiger partial charge in [0.05, 0.1) is 6.10 Å². The van der Waals surface area contributed by atoms with E-state index in [9.17, 15) is 0 Å². The first-order valence-electron chi connectivity index (χ1n) is 5.54. The largest absolute Gasteiger partial charge is 0.381 e. The molecule has 3 fully saturated rings. The van der Waals surface area contributed by atoms with Gasteiger partial charge < -0.3 is 9.64 Å². The number of hydrogen-bond acceptors (Lipinski definition) is 4. The summed E-state index contributed by atoms with van der Waals surface area (Å²) in [6.07, 6.45) is 5.02. The van der Waals surface area contributed by atoms with E-state index in [1.54, 1.807) is 19.5 Å². The molecule has 0 unspecified atom stereocenters. The van der Waals surface area contributed by atoms with Gasteiger partial charge in [-0.3, -0.25) is 0 Å². The Labute approximate surface area is 99.6 Å². The third kappa shape index (κ3) is 1.48. The number of halogens is 1. The van der Waals surface area contributed by atoms with Crippen molar-refractivity contribution in [1.29, 1.82) is 0 Å². The highest BCUT2D eigenvalue weighted by Gasteiger charge is 2.47. The maximum absolute atomic E-state index is 6.04. The molecule has 4 nitrogen and oxygen atoms in total. The summed E-state index contributed by atoms with van der Waals surface area (Å²) in [5.74, 6) is 2.07. The first kappa shape index (κ1) is 10.3. The molecule has 16 heavy (non-hydrogen) atoms. The number of nitrogens with zero attached hydrogens (tertiary/aromatic N) is 3. The second-order valence-corrected chi connectivity index (χ2v) is 4.89. The van der Waals surface area contributed by atoms with E-state index in [4.69, 9.17) is 16.3 Å². The summed E-state index contributed by atoms with van der Waals surface area (Å²) >= 11 is 6.04. The molecule has 1 aromatic rings. The highest BCUT2D eigenvalue weighted by molar-refractivity contribution is 6.31. The van der Waals surface area contributed by atoms with Crippen molar-refractivity contribution in [2.24, 2.45) is 11.8 Å². The minimum atomic E-state index is 0.437. The molecular formula is C11H14ClN3O. The van der Waals surface area contributed by atoms with E-state index in [1.165, 1.54) is 6.42 Å². The number of piperidine rings is 2. The van der Waals surface area contributed by atoms with Crippen molar-refractivity contribution >= 4 is 17.4 Å². The van der Waals surface area contributed by atoms with Crippen LogP contribution in [0.2, 0.25) is 5.15 Å². The van der Waals surface area contributed by atoms with E-state index in [2.05, 4.69) is 14.9 Å². The smallest absolute Gasteiger partial charge is 0.171 e. The lowest BCUT2D eigenvalue weighted by atomic mass is 9.68. The van der Waals surface area contributed by atoms with E-state index in [0.29, 0.717) is 23.1 Å². The second-order valence-electron chi connectivity index (χ2n) is 4.53. The summed E-state index contributed by atoms with van der Waals surface area (Å²) in [7, 11) is 1.80. The zero-order chi connectivity index (χ0) is 11.1. The lowest BCUT2D eigenvalue weighted by Crippen LogP contribution is -2.59. The average Bonchev–Trinajstić information content (AvgIpc) is 2.30. The molecule has 1 aromatic heterocycles. The molecule has 3 heterocycles. The van der Waals surface area contributed by atoms with Gasteiger partial charge in [-0.2, -0.15) is 0 Å². The molecule has 0 spiro atoms. The first-order chi connectivity index (χ1) is 7.79. The molecule has 0 radical (unpaired) electrons. The van der Waals surface area contributed by atoms with Crippen LogP contribution in [0.15, 0.2) is 12.4 Å². The maximum Gasteiger partial charge on any atom is 0.171 e. The molecule has 0 amide bonds. The molecule has 3 aliphatic rings. The van der Waals surface area contributed by atoms with Crippen molar-refractivity contribution in [3.63, 3.8) is 0 Å². The molecule has 1 saturated carbocycles.